The summed E-state index contributed by atoms with van der Waals surface area (Å²) in [6.07, 6.45) is -0.871. The summed E-state index contributed by atoms with van der Waals surface area (Å²) in [5.74, 6) is 1.65. The summed E-state index contributed by atoms with van der Waals surface area (Å²) in [6, 6.07) is 16.4. The van der Waals surface area contributed by atoms with Crippen LogP contribution in [-0.4, -0.2) is 18.2 Å². The third-order valence-electron chi connectivity index (χ3n) is 3.78. The lowest BCUT2D eigenvalue weighted by Crippen LogP contribution is -2.26. The van der Waals surface area contributed by atoms with Gasteiger partial charge in [-0.15, -0.1) is 0 Å². The number of methoxy groups -OCH3 is 1. The van der Waals surface area contributed by atoms with Crippen LogP contribution >= 0.6 is 0 Å². The van der Waals surface area contributed by atoms with Gasteiger partial charge < -0.3 is 19.3 Å². The van der Waals surface area contributed by atoms with Crippen molar-refractivity contribution >= 4 is 11.7 Å². The van der Waals surface area contributed by atoms with E-state index in [0.29, 0.717) is 28.6 Å². The first-order chi connectivity index (χ1) is 12.6. The zero-order chi connectivity index (χ0) is 18.5. The minimum Gasteiger partial charge on any atom is -0.493 e. The molecule has 0 aliphatic rings. The van der Waals surface area contributed by atoms with Crippen LogP contribution in [0.15, 0.2) is 59.1 Å². The van der Waals surface area contributed by atoms with Crippen molar-refractivity contribution in [2.45, 2.75) is 20.0 Å². The lowest BCUT2D eigenvalue weighted by atomic mass is 10.1. The number of nitrogens with one attached hydrogen (secondary N) is 1. The summed E-state index contributed by atoms with van der Waals surface area (Å²) in [4.78, 5) is 12.8. The van der Waals surface area contributed by atoms with Crippen LogP contribution in [0.25, 0.3) is 0 Å². The Balaban J connectivity index is 1.90. The molecule has 0 spiro atoms. The molecule has 0 radical (unpaired) electrons. The molecule has 0 saturated carbocycles. The number of hydrogen-bond donors (Lipinski definition) is 1. The number of rotatable bonds is 6. The number of nitrogens with zero attached hydrogens (tertiary/aromatic N) is 1. The molecule has 0 fully saturated rings. The molecule has 3 aromatic rings. The summed E-state index contributed by atoms with van der Waals surface area (Å²) in [5.41, 5.74) is 1.75. The topological polar surface area (TPSA) is 73.6 Å². The monoisotopic (exact) mass is 352 g/mol. The first-order valence-corrected chi connectivity index (χ1v) is 8.17. The molecule has 134 valence electrons. The lowest BCUT2D eigenvalue weighted by molar-refractivity contribution is -0.123. The van der Waals surface area contributed by atoms with Crippen LogP contribution in [0.3, 0.4) is 0 Å². The van der Waals surface area contributed by atoms with Crippen molar-refractivity contribution in [2.75, 3.05) is 12.4 Å². The molecule has 1 atom stereocenters. The Morgan fingerprint density at radius 1 is 1.08 bits per heavy atom. The predicted octanol–water partition coefficient (Wildman–Crippen LogP) is 4.06. The highest BCUT2D eigenvalue weighted by Crippen LogP contribution is 2.32. The maximum Gasteiger partial charge on any atom is 0.271 e. The van der Waals surface area contributed by atoms with Gasteiger partial charge in [-0.2, -0.15) is 0 Å². The fraction of sp³-hybridized carbons (Fsp3) is 0.200. The standard InChI is InChI=1S/C20H20N2O4/c1-13-9-10-16(17(11-13)24-3)25-19(15-7-5-4-6-8-15)20(23)21-18-12-14(2)26-22-18/h4-12,19H,1-3H3,(H,21,22,23)/t19-/m0/s1. The zero-order valence-corrected chi connectivity index (χ0v) is 14.9. The summed E-state index contributed by atoms with van der Waals surface area (Å²) >= 11 is 0. The fourth-order valence-corrected chi connectivity index (χ4v) is 2.52. The Morgan fingerprint density at radius 2 is 1.85 bits per heavy atom. The van der Waals surface area contributed by atoms with E-state index in [1.165, 1.54) is 0 Å². The number of aryl methyl sites for hydroxylation is 2. The molecule has 0 unspecified atom stereocenters. The van der Waals surface area contributed by atoms with Crippen LogP contribution in [0.1, 0.15) is 23.0 Å². The molecule has 0 bridgehead atoms. The lowest BCUT2D eigenvalue weighted by Gasteiger charge is -2.20. The predicted molar refractivity (Wildman–Crippen MR) is 97.4 cm³/mol. The third-order valence-corrected chi connectivity index (χ3v) is 3.78. The smallest absolute Gasteiger partial charge is 0.271 e. The quantitative estimate of drug-likeness (QED) is 0.724. The summed E-state index contributed by atoms with van der Waals surface area (Å²) in [6.45, 7) is 3.71. The van der Waals surface area contributed by atoms with Crippen molar-refractivity contribution in [1.29, 1.82) is 0 Å². The van der Waals surface area contributed by atoms with Gasteiger partial charge in [0.15, 0.2) is 17.3 Å². The number of anilines is 1. The van der Waals surface area contributed by atoms with Crippen molar-refractivity contribution in [3.8, 4) is 11.5 Å². The molecule has 0 saturated heterocycles. The fourth-order valence-electron chi connectivity index (χ4n) is 2.52. The second-order valence-corrected chi connectivity index (χ2v) is 5.87. The molecule has 1 heterocycles. The molecule has 6 heteroatoms. The van der Waals surface area contributed by atoms with E-state index in [-0.39, 0.29) is 5.91 Å². The van der Waals surface area contributed by atoms with Crippen LogP contribution in [0.4, 0.5) is 5.82 Å². The van der Waals surface area contributed by atoms with Gasteiger partial charge in [-0.1, -0.05) is 41.6 Å². The van der Waals surface area contributed by atoms with Crippen LogP contribution in [0.2, 0.25) is 0 Å². The SMILES string of the molecule is COc1cc(C)ccc1O[C@H](C(=O)Nc1cc(C)on1)c1ccccc1. The van der Waals surface area contributed by atoms with Gasteiger partial charge in [0.05, 0.1) is 7.11 Å². The maximum atomic E-state index is 12.8. The molecular formula is C20H20N2O4. The number of aromatic nitrogens is 1. The van der Waals surface area contributed by atoms with Crippen molar-refractivity contribution in [2.24, 2.45) is 0 Å². The molecule has 3 rings (SSSR count). The molecule has 1 N–H and O–H groups in total. The Morgan fingerprint density at radius 3 is 2.50 bits per heavy atom. The molecule has 1 aromatic heterocycles. The maximum absolute atomic E-state index is 12.8. The third kappa shape index (κ3) is 4.03. The van der Waals surface area contributed by atoms with E-state index < -0.39 is 6.10 Å². The highest BCUT2D eigenvalue weighted by atomic mass is 16.5. The van der Waals surface area contributed by atoms with Crippen LogP contribution in [-0.2, 0) is 4.79 Å². The van der Waals surface area contributed by atoms with Gasteiger partial charge in [0.25, 0.3) is 5.91 Å². The van der Waals surface area contributed by atoms with Crippen LogP contribution in [0.5, 0.6) is 11.5 Å². The van der Waals surface area contributed by atoms with Gasteiger partial charge >= 0.3 is 0 Å². The van der Waals surface area contributed by atoms with Crippen molar-refractivity contribution < 1.29 is 18.8 Å². The Hall–Kier alpha value is -3.28. The number of carbonyl (C=O) groups excluding carboxylic acids is 1. The molecular weight excluding hydrogens is 332 g/mol. The Bertz CT molecular complexity index is 890. The van der Waals surface area contributed by atoms with Gasteiger partial charge in [-0.05, 0) is 31.5 Å². The second-order valence-electron chi connectivity index (χ2n) is 5.87. The van der Waals surface area contributed by atoms with Gasteiger partial charge in [0.1, 0.15) is 5.76 Å². The van der Waals surface area contributed by atoms with Gasteiger partial charge in [0.2, 0.25) is 6.10 Å². The number of hydrogen-bond acceptors (Lipinski definition) is 5. The van der Waals surface area contributed by atoms with E-state index >= 15 is 0 Å². The molecule has 0 aliphatic heterocycles. The van der Waals surface area contributed by atoms with Crippen LogP contribution in [0, 0.1) is 13.8 Å². The van der Waals surface area contributed by atoms with Crippen LogP contribution < -0.4 is 14.8 Å². The number of carbonyl (C=O) groups is 1. The molecule has 6 nitrogen and oxygen atoms in total. The number of ether oxygens (including phenoxy) is 2. The van der Waals surface area contributed by atoms with E-state index in [0.717, 1.165) is 5.56 Å². The summed E-state index contributed by atoms with van der Waals surface area (Å²) in [7, 11) is 1.57. The number of benzene rings is 2. The van der Waals surface area contributed by atoms with Gasteiger partial charge in [-0.3, -0.25) is 4.79 Å². The first kappa shape index (κ1) is 17.5. The van der Waals surface area contributed by atoms with E-state index in [9.17, 15) is 4.79 Å². The van der Waals surface area contributed by atoms with Gasteiger partial charge in [0, 0.05) is 11.6 Å². The normalized spacial score (nSPS) is 11.7. The van der Waals surface area contributed by atoms with E-state index in [4.69, 9.17) is 14.0 Å². The first-order valence-electron chi connectivity index (χ1n) is 8.17. The largest absolute Gasteiger partial charge is 0.493 e. The second kappa shape index (κ2) is 7.74. The van der Waals surface area contributed by atoms with Gasteiger partial charge in [-0.25, -0.2) is 0 Å². The molecule has 1 amide bonds. The Labute approximate surface area is 151 Å². The average molecular weight is 352 g/mol. The average Bonchev–Trinajstić information content (AvgIpc) is 3.05. The minimum absolute atomic E-state index is 0.341. The van der Waals surface area contributed by atoms with E-state index in [1.807, 2.05) is 49.4 Å². The summed E-state index contributed by atoms with van der Waals surface area (Å²) < 4.78 is 16.4. The van der Waals surface area contributed by atoms with Crippen molar-refractivity contribution in [3.05, 3.63) is 71.5 Å². The molecule has 2 aromatic carbocycles. The highest BCUT2D eigenvalue weighted by molar-refractivity contribution is 5.94. The van der Waals surface area contributed by atoms with E-state index in [1.54, 1.807) is 26.2 Å². The Kier molecular flexibility index (Phi) is 5.22. The summed E-state index contributed by atoms with van der Waals surface area (Å²) in [5, 5.41) is 6.52. The zero-order valence-electron chi connectivity index (χ0n) is 14.9. The van der Waals surface area contributed by atoms with Crippen molar-refractivity contribution in [1.82, 2.24) is 5.16 Å². The minimum atomic E-state index is -0.871. The van der Waals surface area contributed by atoms with E-state index in [2.05, 4.69) is 10.5 Å². The number of amides is 1. The highest BCUT2D eigenvalue weighted by Gasteiger charge is 2.25. The molecule has 26 heavy (non-hydrogen) atoms. The molecule has 0 aliphatic carbocycles. The van der Waals surface area contributed by atoms with Crippen molar-refractivity contribution in [3.63, 3.8) is 0 Å².